The number of carbonyl (C=O) groups is 1. The highest BCUT2D eigenvalue weighted by atomic mass is 16.5. The average molecular weight is 434 g/mol. The Bertz CT molecular complexity index is 1100. The third kappa shape index (κ3) is 3.91. The van der Waals surface area contributed by atoms with E-state index in [0.717, 1.165) is 37.1 Å². The molecule has 1 amide bonds. The van der Waals surface area contributed by atoms with Crippen LogP contribution in [-0.2, 0) is 11.3 Å². The van der Waals surface area contributed by atoms with Gasteiger partial charge in [-0.15, -0.1) is 0 Å². The quantitative estimate of drug-likeness (QED) is 0.619. The van der Waals surface area contributed by atoms with Crippen molar-refractivity contribution in [3.63, 3.8) is 0 Å². The molecule has 0 spiro atoms. The monoisotopic (exact) mass is 433 g/mol. The van der Waals surface area contributed by atoms with Crippen LogP contribution in [0, 0.1) is 11.8 Å². The number of carbonyl (C=O) groups excluding carboxylic acids is 1. The minimum atomic E-state index is 0.0572. The van der Waals surface area contributed by atoms with Gasteiger partial charge in [-0.3, -0.25) is 4.79 Å². The van der Waals surface area contributed by atoms with Crippen molar-refractivity contribution >= 4 is 17.1 Å². The van der Waals surface area contributed by atoms with Gasteiger partial charge < -0.3 is 19.1 Å². The van der Waals surface area contributed by atoms with Crippen LogP contribution in [0.4, 0.5) is 0 Å². The van der Waals surface area contributed by atoms with Gasteiger partial charge in [-0.25, -0.2) is 9.97 Å². The summed E-state index contributed by atoms with van der Waals surface area (Å²) in [6.07, 6.45) is 5.81. The van der Waals surface area contributed by atoms with E-state index in [-0.39, 0.29) is 12.0 Å². The summed E-state index contributed by atoms with van der Waals surface area (Å²) in [4.78, 5) is 26.7. The normalized spacial score (nSPS) is 25.4. The van der Waals surface area contributed by atoms with Gasteiger partial charge in [0.1, 0.15) is 5.52 Å². The molecule has 0 unspecified atom stereocenters. The number of fused-ring (bicyclic) bond motifs is 2. The number of nitrogens with zero attached hydrogens (tertiary/aromatic N) is 5. The second-order valence-corrected chi connectivity index (χ2v) is 9.43. The first-order chi connectivity index (χ1) is 15.5. The second kappa shape index (κ2) is 8.64. The van der Waals surface area contributed by atoms with Gasteiger partial charge in [0.25, 0.3) is 5.91 Å². The maximum Gasteiger partial charge on any atom is 0.255 e. The highest BCUT2D eigenvalue weighted by Gasteiger charge is 2.44. The number of methoxy groups -OCH3 is 1. The summed E-state index contributed by atoms with van der Waals surface area (Å²) in [6, 6.07) is 12.5. The Hall–Kier alpha value is -2.77. The Morgan fingerprint density at radius 2 is 1.88 bits per heavy atom. The molecule has 2 aromatic heterocycles. The molecule has 1 saturated heterocycles. The smallest absolute Gasteiger partial charge is 0.255 e. The van der Waals surface area contributed by atoms with Gasteiger partial charge in [-0.2, -0.15) is 0 Å². The summed E-state index contributed by atoms with van der Waals surface area (Å²) in [7, 11) is 6.04. The molecule has 1 saturated carbocycles. The first-order valence-electron chi connectivity index (χ1n) is 11.4. The molecule has 7 heteroatoms. The van der Waals surface area contributed by atoms with Crippen molar-refractivity contribution in [2.75, 3.05) is 34.3 Å². The molecule has 7 nitrogen and oxygen atoms in total. The Labute approximate surface area is 189 Å². The van der Waals surface area contributed by atoms with Crippen LogP contribution in [0.2, 0.25) is 0 Å². The molecule has 3 aromatic rings. The minimum absolute atomic E-state index is 0.0572. The molecule has 1 aliphatic carbocycles. The Morgan fingerprint density at radius 1 is 1.12 bits per heavy atom. The van der Waals surface area contributed by atoms with Crippen molar-refractivity contribution in [1.29, 1.82) is 0 Å². The zero-order chi connectivity index (χ0) is 22.2. The molecule has 0 bridgehead atoms. The van der Waals surface area contributed by atoms with E-state index in [1.54, 1.807) is 19.6 Å². The highest BCUT2D eigenvalue weighted by molar-refractivity contribution is 5.96. The molecule has 4 atom stereocenters. The Morgan fingerprint density at radius 3 is 2.59 bits per heavy atom. The predicted molar refractivity (Wildman–Crippen MR) is 123 cm³/mol. The SMILES string of the molecule is CO[C@@H]1C[C@H]2CN(C(=O)c3cnc4c(c3)ncn4Cc3ccccc3)C[C@H]2C[C@H]1N(C)C. The molecule has 0 N–H and O–H groups in total. The topological polar surface area (TPSA) is 63.5 Å². The van der Waals surface area contributed by atoms with E-state index in [4.69, 9.17) is 4.74 Å². The first-order valence-corrected chi connectivity index (χ1v) is 11.4. The summed E-state index contributed by atoms with van der Waals surface area (Å²) >= 11 is 0. The van der Waals surface area contributed by atoms with Crippen LogP contribution in [0.25, 0.3) is 11.2 Å². The van der Waals surface area contributed by atoms with Gasteiger partial charge in [0.15, 0.2) is 5.65 Å². The second-order valence-electron chi connectivity index (χ2n) is 9.43. The summed E-state index contributed by atoms with van der Waals surface area (Å²) < 4.78 is 7.80. The number of likely N-dealkylation sites (tertiary alicyclic amines) is 1. The molecule has 2 aliphatic rings. The third-order valence-electron chi connectivity index (χ3n) is 7.24. The van der Waals surface area contributed by atoms with Crippen LogP contribution in [0.1, 0.15) is 28.8 Å². The minimum Gasteiger partial charge on any atom is -0.380 e. The lowest BCUT2D eigenvalue weighted by atomic mass is 9.77. The molecule has 168 valence electrons. The van der Waals surface area contributed by atoms with Crippen LogP contribution in [0.5, 0.6) is 0 Å². The zero-order valence-electron chi connectivity index (χ0n) is 19.0. The number of pyridine rings is 1. The summed E-state index contributed by atoms with van der Waals surface area (Å²) in [5.74, 6) is 1.09. The van der Waals surface area contributed by atoms with Crippen molar-refractivity contribution in [3.8, 4) is 0 Å². The largest absolute Gasteiger partial charge is 0.380 e. The number of hydrogen-bond donors (Lipinski definition) is 0. The van der Waals surface area contributed by atoms with Gasteiger partial charge in [0, 0.05) is 32.4 Å². The number of imidazole rings is 1. The fraction of sp³-hybridized carbons (Fsp3) is 0.480. The van der Waals surface area contributed by atoms with Crippen LogP contribution in [-0.4, -0.2) is 76.7 Å². The fourth-order valence-corrected chi connectivity index (χ4v) is 5.50. The molecular formula is C25H31N5O2. The van der Waals surface area contributed by atoms with Crippen LogP contribution >= 0.6 is 0 Å². The Kier molecular flexibility index (Phi) is 5.69. The number of ether oxygens (including phenoxy) is 1. The van der Waals surface area contributed by atoms with Gasteiger partial charge in [-0.05, 0) is 50.4 Å². The van der Waals surface area contributed by atoms with E-state index in [1.807, 2.05) is 33.7 Å². The predicted octanol–water partition coefficient (Wildman–Crippen LogP) is 2.91. The van der Waals surface area contributed by atoms with Gasteiger partial charge in [-0.1, -0.05) is 30.3 Å². The van der Waals surface area contributed by atoms with Gasteiger partial charge in [0.05, 0.1) is 24.5 Å². The van der Waals surface area contributed by atoms with Crippen molar-refractivity contribution in [1.82, 2.24) is 24.3 Å². The number of hydrogen-bond acceptors (Lipinski definition) is 5. The van der Waals surface area contributed by atoms with E-state index < -0.39 is 0 Å². The number of amides is 1. The lowest BCUT2D eigenvalue weighted by molar-refractivity contribution is -0.0209. The van der Waals surface area contributed by atoms with Crippen LogP contribution in [0.3, 0.4) is 0 Å². The van der Waals surface area contributed by atoms with E-state index >= 15 is 0 Å². The molecule has 3 heterocycles. The molecule has 32 heavy (non-hydrogen) atoms. The van der Waals surface area contributed by atoms with Gasteiger partial charge >= 0.3 is 0 Å². The average Bonchev–Trinajstić information content (AvgIpc) is 3.41. The molecule has 1 aromatic carbocycles. The van der Waals surface area contributed by atoms with E-state index in [0.29, 0.717) is 30.0 Å². The van der Waals surface area contributed by atoms with E-state index in [1.165, 1.54) is 5.56 Å². The molecule has 0 radical (unpaired) electrons. The first kappa shape index (κ1) is 21.1. The summed E-state index contributed by atoms with van der Waals surface area (Å²) in [5.41, 5.74) is 3.38. The number of rotatable bonds is 5. The number of benzene rings is 1. The molecule has 2 fully saturated rings. The molecule has 1 aliphatic heterocycles. The standard InChI is InChI=1S/C25H31N5O2/c1-28(2)22-10-19-14-29(15-20(19)11-23(22)32-3)25(31)18-9-21-24(26-12-18)30(16-27-21)13-17-7-5-4-6-8-17/h4-9,12,16,19-20,22-23H,10-11,13-15H2,1-3H3/t19-,20+,22-,23-/m1/s1. The van der Waals surface area contributed by atoms with E-state index in [9.17, 15) is 4.79 Å². The third-order valence-corrected chi connectivity index (χ3v) is 7.24. The fourth-order valence-electron chi connectivity index (χ4n) is 5.50. The maximum absolute atomic E-state index is 13.3. The van der Waals surface area contributed by atoms with Crippen molar-refractivity contribution < 1.29 is 9.53 Å². The van der Waals surface area contributed by atoms with Gasteiger partial charge in [0.2, 0.25) is 0 Å². The lowest BCUT2D eigenvalue weighted by Gasteiger charge is -2.40. The van der Waals surface area contributed by atoms with E-state index in [2.05, 4.69) is 41.1 Å². The molecule has 5 rings (SSSR count). The van der Waals surface area contributed by atoms with Crippen molar-refractivity contribution in [2.24, 2.45) is 11.8 Å². The van der Waals surface area contributed by atoms with Crippen molar-refractivity contribution in [3.05, 3.63) is 60.0 Å². The number of aromatic nitrogens is 3. The summed E-state index contributed by atoms with van der Waals surface area (Å²) in [6.45, 7) is 2.32. The van der Waals surface area contributed by atoms with Crippen LogP contribution < -0.4 is 0 Å². The maximum atomic E-state index is 13.3. The number of likely N-dealkylation sites (N-methyl/N-ethyl adjacent to an activating group) is 1. The molecular weight excluding hydrogens is 402 g/mol. The van der Waals surface area contributed by atoms with Crippen molar-refractivity contribution in [2.45, 2.75) is 31.5 Å². The zero-order valence-corrected chi connectivity index (χ0v) is 19.0. The highest BCUT2D eigenvalue weighted by Crippen LogP contribution is 2.39. The summed E-state index contributed by atoms with van der Waals surface area (Å²) in [5, 5.41) is 0. The lowest BCUT2D eigenvalue weighted by Crippen LogP contribution is -2.47. The van der Waals surface area contributed by atoms with Crippen LogP contribution in [0.15, 0.2) is 48.9 Å². The Balaban J connectivity index is 1.31.